The quantitative estimate of drug-likeness (QED) is 0.816. The van der Waals surface area contributed by atoms with Gasteiger partial charge in [-0.05, 0) is 36.8 Å². The van der Waals surface area contributed by atoms with Gasteiger partial charge in [-0.3, -0.25) is 0 Å². The van der Waals surface area contributed by atoms with Gasteiger partial charge in [0.05, 0.1) is 0 Å². The molecule has 2 N–H and O–H groups in total. The summed E-state index contributed by atoms with van der Waals surface area (Å²) in [5, 5.41) is 0. The molecule has 1 saturated heterocycles. The van der Waals surface area contributed by atoms with Crippen molar-refractivity contribution in [3.8, 4) is 0 Å². The number of hydrogen-bond acceptors (Lipinski definition) is 3. The van der Waals surface area contributed by atoms with Crippen LogP contribution in [0.15, 0.2) is 24.3 Å². The van der Waals surface area contributed by atoms with Crippen molar-refractivity contribution in [2.75, 3.05) is 36.9 Å². The number of nitrogens with zero attached hydrogens (tertiary/aromatic N) is 1. The van der Waals surface area contributed by atoms with Crippen LogP contribution in [0.4, 0.5) is 5.69 Å². The molecule has 1 aromatic carbocycles. The zero-order valence-corrected chi connectivity index (χ0v) is 10.5. The van der Waals surface area contributed by atoms with Crippen LogP contribution in [0.1, 0.15) is 12.0 Å². The maximum atomic E-state index is 5.94. The number of thioether (sulfide) groups is 1. The summed E-state index contributed by atoms with van der Waals surface area (Å²) in [6, 6.07) is 8.21. The van der Waals surface area contributed by atoms with Crippen LogP contribution in [0, 0.1) is 0 Å². The number of anilines is 1. The fraction of sp³-hybridized carbons (Fsp3) is 0.538. The monoisotopic (exact) mass is 236 g/mol. The number of hydrogen-bond donors (Lipinski definition) is 1. The molecule has 2 rings (SSSR count). The van der Waals surface area contributed by atoms with Crippen LogP contribution in [0.25, 0.3) is 0 Å². The lowest BCUT2D eigenvalue weighted by Crippen LogP contribution is -2.28. The Balaban J connectivity index is 1.84. The first-order valence-electron chi connectivity index (χ1n) is 6.00. The summed E-state index contributed by atoms with van der Waals surface area (Å²) in [5.41, 5.74) is 8.17. The van der Waals surface area contributed by atoms with E-state index in [0.29, 0.717) is 0 Å². The topological polar surface area (TPSA) is 29.3 Å². The minimum absolute atomic E-state index is 0.937. The van der Waals surface area contributed by atoms with Gasteiger partial charge in [0.15, 0.2) is 0 Å². The highest BCUT2D eigenvalue weighted by Crippen LogP contribution is 2.14. The van der Waals surface area contributed by atoms with Crippen LogP contribution < -0.4 is 5.73 Å². The first kappa shape index (κ1) is 11.8. The molecule has 1 fully saturated rings. The molecule has 0 bridgehead atoms. The third kappa shape index (κ3) is 3.42. The zero-order chi connectivity index (χ0) is 11.2. The van der Waals surface area contributed by atoms with Crippen molar-refractivity contribution in [3.05, 3.63) is 29.8 Å². The average Bonchev–Trinajstić information content (AvgIpc) is 2.56. The van der Waals surface area contributed by atoms with Gasteiger partial charge in [-0.25, -0.2) is 0 Å². The molecule has 0 amide bonds. The predicted octanol–water partition coefficient (Wildman–Crippen LogP) is 2.25. The number of nitrogen functional groups attached to an aromatic ring is 1. The van der Waals surface area contributed by atoms with E-state index >= 15 is 0 Å². The van der Waals surface area contributed by atoms with Crippen molar-refractivity contribution in [1.82, 2.24) is 4.90 Å². The Kier molecular flexibility index (Phi) is 4.55. The lowest BCUT2D eigenvalue weighted by atomic mass is 10.1. The first-order valence-corrected chi connectivity index (χ1v) is 7.15. The molecule has 0 saturated carbocycles. The average molecular weight is 236 g/mol. The Morgan fingerprint density at radius 3 is 2.94 bits per heavy atom. The maximum absolute atomic E-state index is 5.94. The third-order valence-corrected chi connectivity index (χ3v) is 4.12. The number of rotatable bonds is 3. The first-order chi connectivity index (χ1) is 7.86. The van der Waals surface area contributed by atoms with Gasteiger partial charge in [0.1, 0.15) is 0 Å². The molecule has 3 heteroatoms. The molecule has 0 radical (unpaired) electrons. The van der Waals surface area contributed by atoms with Crippen molar-refractivity contribution in [2.24, 2.45) is 0 Å². The summed E-state index contributed by atoms with van der Waals surface area (Å²) >= 11 is 2.08. The van der Waals surface area contributed by atoms with Gasteiger partial charge in [0, 0.05) is 24.5 Å². The second-order valence-electron chi connectivity index (χ2n) is 4.26. The smallest absolute Gasteiger partial charge is 0.0347 e. The Bertz CT molecular complexity index is 319. The van der Waals surface area contributed by atoms with E-state index in [1.165, 1.54) is 36.6 Å². The summed E-state index contributed by atoms with van der Waals surface area (Å²) in [6.07, 6.45) is 2.41. The largest absolute Gasteiger partial charge is 0.399 e. The molecular weight excluding hydrogens is 216 g/mol. The van der Waals surface area contributed by atoms with Crippen LogP contribution in [-0.4, -0.2) is 36.0 Å². The predicted molar refractivity (Wildman–Crippen MR) is 72.9 cm³/mol. The molecule has 1 aliphatic rings. The molecule has 0 aliphatic carbocycles. The Morgan fingerprint density at radius 1 is 1.19 bits per heavy atom. The van der Waals surface area contributed by atoms with E-state index in [4.69, 9.17) is 5.73 Å². The van der Waals surface area contributed by atoms with Crippen LogP contribution in [0.3, 0.4) is 0 Å². The van der Waals surface area contributed by atoms with E-state index in [-0.39, 0.29) is 0 Å². The molecule has 0 unspecified atom stereocenters. The number of para-hydroxylation sites is 1. The van der Waals surface area contributed by atoms with Gasteiger partial charge < -0.3 is 10.6 Å². The SMILES string of the molecule is Nc1ccccc1CCN1CCCSCC1. The van der Waals surface area contributed by atoms with E-state index in [0.717, 1.165) is 18.7 Å². The fourth-order valence-corrected chi connectivity index (χ4v) is 2.99. The minimum Gasteiger partial charge on any atom is -0.399 e. The van der Waals surface area contributed by atoms with E-state index in [2.05, 4.69) is 28.8 Å². The van der Waals surface area contributed by atoms with Crippen LogP contribution in [0.2, 0.25) is 0 Å². The Morgan fingerprint density at radius 2 is 2.06 bits per heavy atom. The molecule has 1 aromatic rings. The molecule has 1 heterocycles. The Labute approximate surface area is 102 Å². The molecular formula is C13H20N2S. The van der Waals surface area contributed by atoms with Crippen LogP contribution in [-0.2, 0) is 6.42 Å². The summed E-state index contributed by atoms with van der Waals surface area (Å²) < 4.78 is 0. The van der Waals surface area contributed by atoms with E-state index in [9.17, 15) is 0 Å². The lowest BCUT2D eigenvalue weighted by molar-refractivity contribution is 0.299. The fourth-order valence-electron chi connectivity index (χ4n) is 2.06. The van der Waals surface area contributed by atoms with Gasteiger partial charge >= 0.3 is 0 Å². The summed E-state index contributed by atoms with van der Waals surface area (Å²) in [5.74, 6) is 2.61. The van der Waals surface area contributed by atoms with E-state index in [1.807, 2.05) is 12.1 Å². The summed E-state index contributed by atoms with van der Waals surface area (Å²) in [7, 11) is 0. The second kappa shape index (κ2) is 6.16. The molecule has 0 spiro atoms. The van der Waals surface area contributed by atoms with E-state index in [1.54, 1.807) is 0 Å². The van der Waals surface area contributed by atoms with Gasteiger partial charge in [-0.15, -0.1) is 0 Å². The molecule has 1 aliphatic heterocycles. The standard InChI is InChI=1S/C13H20N2S/c14-13-5-2-1-4-12(13)6-8-15-7-3-10-16-11-9-15/h1-2,4-5H,3,6-11,14H2. The van der Waals surface area contributed by atoms with Crippen molar-refractivity contribution in [2.45, 2.75) is 12.8 Å². The highest BCUT2D eigenvalue weighted by molar-refractivity contribution is 7.99. The second-order valence-corrected chi connectivity index (χ2v) is 5.48. The van der Waals surface area contributed by atoms with Gasteiger partial charge in [-0.2, -0.15) is 11.8 Å². The van der Waals surface area contributed by atoms with Gasteiger partial charge in [0.25, 0.3) is 0 Å². The number of benzene rings is 1. The van der Waals surface area contributed by atoms with E-state index < -0.39 is 0 Å². The lowest BCUT2D eigenvalue weighted by Gasteiger charge is -2.19. The molecule has 88 valence electrons. The zero-order valence-electron chi connectivity index (χ0n) is 9.69. The molecule has 0 aromatic heterocycles. The molecule has 2 nitrogen and oxygen atoms in total. The normalized spacial score (nSPS) is 18.2. The van der Waals surface area contributed by atoms with Crippen LogP contribution >= 0.6 is 11.8 Å². The van der Waals surface area contributed by atoms with Crippen molar-refractivity contribution >= 4 is 17.4 Å². The highest BCUT2D eigenvalue weighted by Gasteiger charge is 2.09. The third-order valence-electron chi connectivity index (χ3n) is 3.07. The molecule has 16 heavy (non-hydrogen) atoms. The highest BCUT2D eigenvalue weighted by atomic mass is 32.2. The molecule has 0 atom stereocenters. The maximum Gasteiger partial charge on any atom is 0.0347 e. The van der Waals surface area contributed by atoms with Crippen molar-refractivity contribution in [3.63, 3.8) is 0 Å². The minimum atomic E-state index is 0.937. The van der Waals surface area contributed by atoms with Crippen LogP contribution in [0.5, 0.6) is 0 Å². The van der Waals surface area contributed by atoms with Gasteiger partial charge in [-0.1, -0.05) is 18.2 Å². The van der Waals surface area contributed by atoms with Crippen molar-refractivity contribution < 1.29 is 0 Å². The number of nitrogens with two attached hydrogens (primary N) is 1. The van der Waals surface area contributed by atoms with Gasteiger partial charge in [0.2, 0.25) is 0 Å². The summed E-state index contributed by atoms with van der Waals surface area (Å²) in [4.78, 5) is 2.56. The van der Waals surface area contributed by atoms with Crippen molar-refractivity contribution in [1.29, 1.82) is 0 Å². The Hall–Kier alpha value is -0.670. The summed E-state index contributed by atoms with van der Waals surface area (Å²) in [6.45, 7) is 3.63.